The van der Waals surface area contributed by atoms with E-state index >= 15 is 0 Å². The van der Waals surface area contributed by atoms with Crippen molar-refractivity contribution in [3.05, 3.63) is 41.2 Å². The predicted octanol–water partition coefficient (Wildman–Crippen LogP) is 2.60. The summed E-state index contributed by atoms with van der Waals surface area (Å²) >= 11 is 6.02. The van der Waals surface area contributed by atoms with Crippen LogP contribution in [0.15, 0.2) is 30.6 Å². The lowest BCUT2D eigenvalue weighted by atomic mass is 10.2. The summed E-state index contributed by atoms with van der Waals surface area (Å²) in [6, 6.07) is 5.64. The van der Waals surface area contributed by atoms with E-state index in [9.17, 15) is 0 Å². The van der Waals surface area contributed by atoms with Gasteiger partial charge in [0, 0.05) is 6.20 Å². The van der Waals surface area contributed by atoms with Crippen LogP contribution in [0.2, 0.25) is 5.02 Å². The maximum atomic E-state index is 6.02. The van der Waals surface area contributed by atoms with Gasteiger partial charge < -0.3 is 10.5 Å². The van der Waals surface area contributed by atoms with Gasteiger partial charge in [-0.15, -0.1) is 12.4 Å². The highest BCUT2D eigenvalue weighted by molar-refractivity contribution is 6.32. The molecule has 0 bridgehead atoms. The number of rotatable bonds is 3. The summed E-state index contributed by atoms with van der Waals surface area (Å²) in [7, 11) is 1.59. The fourth-order valence-electron chi connectivity index (χ4n) is 1.46. The van der Waals surface area contributed by atoms with E-state index in [2.05, 4.69) is 5.10 Å². The number of hydrogen-bond donors (Lipinski definition) is 1. The molecule has 2 aromatic rings. The first-order valence-electron chi connectivity index (χ1n) is 4.79. The minimum absolute atomic E-state index is 0. The number of methoxy groups -OCH3 is 1. The van der Waals surface area contributed by atoms with Gasteiger partial charge in [0.1, 0.15) is 5.75 Å². The van der Waals surface area contributed by atoms with E-state index in [1.165, 1.54) is 0 Å². The molecule has 0 atom stereocenters. The highest BCUT2D eigenvalue weighted by atomic mass is 35.5. The van der Waals surface area contributed by atoms with Crippen molar-refractivity contribution < 1.29 is 4.74 Å². The van der Waals surface area contributed by atoms with Gasteiger partial charge in [0.2, 0.25) is 0 Å². The van der Waals surface area contributed by atoms with Crippen LogP contribution in [0.1, 0.15) is 5.56 Å². The van der Waals surface area contributed by atoms with E-state index in [4.69, 9.17) is 22.1 Å². The van der Waals surface area contributed by atoms with Crippen LogP contribution in [0.25, 0.3) is 0 Å². The van der Waals surface area contributed by atoms with Crippen LogP contribution in [-0.4, -0.2) is 16.9 Å². The molecule has 0 saturated heterocycles. The van der Waals surface area contributed by atoms with E-state index in [-0.39, 0.29) is 12.4 Å². The molecule has 0 fully saturated rings. The second-order valence-electron chi connectivity index (χ2n) is 3.44. The monoisotopic (exact) mass is 273 g/mol. The number of aromatic nitrogens is 2. The van der Waals surface area contributed by atoms with Crippen LogP contribution in [0.4, 0.5) is 5.69 Å². The van der Waals surface area contributed by atoms with Crippen molar-refractivity contribution >= 4 is 29.7 Å². The molecule has 1 aromatic heterocycles. The van der Waals surface area contributed by atoms with Crippen LogP contribution in [0, 0.1) is 0 Å². The maximum absolute atomic E-state index is 6.02. The molecule has 4 nitrogen and oxygen atoms in total. The lowest BCUT2D eigenvalue weighted by Gasteiger charge is -2.06. The van der Waals surface area contributed by atoms with Gasteiger partial charge in [-0.1, -0.05) is 17.7 Å². The normalized spacial score (nSPS) is 9.76. The Labute approximate surface area is 111 Å². The molecule has 0 amide bonds. The number of nitrogens with zero attached hydrogens (tertiary/aromatic N) is 2. The Morgan fingerprint density at radius 1 is 1.47 bits per heavy atom. The minimum Gasteiger partial charge on any atom is -0.495 e. The molecule has 2 N–H and O–H groups in total. The summed E-state index contributed by atoms with van der Waals surface area (Å²) in [5.41, 5.74) is 7.28. The molecule has 0 spiro atoms. The Kier molecular flexibility index (Phi) is 4.66. The second kappa shape index (κ2) is 5.80. The number of hydrogen-bond acceptors (Lipinski definition) is 3. The molecule has 1 heterocycles. The van der Waals surface area contributed by atoms with Gasteiger partial charge in [-0.05, 0) is 17.7 Å². The third-order valence-electron chi connectivity index (χ3n) is 2.21. The summed E-state index contributed by atoms with van der Waals surface area (Å²) in [5, 5.41) is 4.70. The van der Waals surface area contributed by atoms with Gasteiger partial charge >= 0.3 is 0 Å². The molecule has 17 heavy (non-hydrogen) atoms. The van der Waals surface area contributed by atoms with Gasteiger partial charge in [-0.3, -0.25) is 4.68 Å². The zero-order valence-electron chi connectivity index (χ0n) is 9.26. The topological polar surface area (TPSA) is 53.1 Å². The molecule has 0 aliphatic rings. The Morgan fingerprint density at radius 2 is 2.24 bits per heavy atom. The Balaban J connectivity index is 0.00000144. The highest BCUT2D eigenvalue weighted by Gasteiger charge is 2.03. The van der Waals surface area contributed by atoms with Crippen molar-refractivity contribution in [3.63, 3.8) is 0 Å². The quantitative estimate of drug-likeness (QED) is 0.936. The standard InChI is InChI=1S/C11H12ClN3O.ClH/c1-16-11-3-2-8(4-10(11)12)6-15-7-9(13)5-14-15;/h2-5,7H,6,13H2,1H3;1H. The number of nitrogen functional groups attached to an aromatic ring is 1. The molecule has 2 rings (SSSR count). The van der Waals surface area contributed by atoms with Crippen LogP contribution < -0.4 is 10.5 Å². The summed E-state index contributed by atoms with van der Waals surface area (Å²) in [4.78, 5) is 0. The third-order valence-corrected chi connectivity index (χ3v) is 2.51. The molecule has 0 aliphatic carbocycles. The van der Waals surface area contributed by atoms with Crippen molar-refractivity contribution in [1.29, 1.82) is 0 Å². The lowest BCUT2D eigenvalue weighted by Crippen LogP contribution is -2.00. The summed E-state index contributed by atoms with van der Waals surface area (Å²) in [6.07, 6.45) is 3.39. The largest absolute Gasteiger partial charge is 0.495 e. The fraction of sp³-hybridized carbons (Fsp3) is 0.182. The van der Waals surface area contributed by atoms with Gasteiger partial charge in [-0.25, -0.2) is 0 Å². The number of benzene rings is 1. The SMILES string of the molecule is COc1ccc(Cn2cc(N)cn2)cc1Cl.Cl. The number of ether oxygens (including phenoxy) is 1. The Bertz CT molecular complexity index is 499. The van der Waals surface area contributed by atoms with Crippen molar-refractivity contribution in [2.24, 2.45) is 0 Å². The van der Waals surface area contributed by atoms with Gasteiger partial charge in [0.05, 0.1) is 30.6 Å². The fourth-order valence-corrected chi connectivity index (χ4v) is 1.74. The molecular formula is C11H13Cl2N3O. The van der Waals surface area contributed by atoms with Crippen molar-refractivity contribution in [2.75, 3.05) is 12.8 Å². The first-order valence-corrected chi connectivity index (χ1v) is 5.17. The predicted molar refractivity (Wildman–Crippen MR) is 71.0 cm³/mol. The van der Waals surface area contributed by atoms with Crippen LogP contribution in [0.5, 0.6) is 5.75 Å². The van der Waals surface area contributed by atoms with E-state index in [0.29, 0.717) is 23.0 Å². The van der Waals surface area contributed by atoms with Crippen molar-refractivity contribution in [3.8, 4) is 5.75 Å². The average Bonchev–Trinajstić information content (AvgIpc) is 2.64. The number of anilines is 1. The van der Waals surface area contributed by atoms with E-state index in [1.54, 1.807) is 24.2 Å². The van der Waals surface area contributed by atoms with Gasteiger partial charge in [0.25, 0.3) is 0 Å². The zero-order valence-corrected chi connectivity index (χ0v) is 10.8. The molecular weight excluding hydrogens is 261 g/mol. The second-order valence-corrected chi connectivity index (χ2v) is 3.85. The first-order chi connectivity index (χ1) is 7.69. The smallest absolute Gasteiger partial charge is 0.137 e. The summed E-state index contributed by atoms with van der Waals surface area (Å²) in [5.74, 6) is 0.672. The molecule has 1 aromatic carbocycles. The summed E-state index contributed by atoms with van der Waals surface area (Å²) < 4.78 is 6.84. The average molecular weight is 274 g/mol. The van der Waals surface area contributed by atoms with Gasteiger partial charge in [0.15, 0.2) is 0 Å². The Morgan fingerprint density at radius 3 is 2.76 bits per heavy atom. The molecule has 0 unspecified atom stereocenters. The van der Waals surface area contributed by atoms with E-state index < -0.39 is 0 Å². The molecule has 0 aliphatic heterocycles. The van der Waals surface area contributed by atoms with E-state index in [1.807, 2.05) is 18.2 Å². The minimum atomic E-state index is 0. The molecule has 6 heteroatoms. The van der Waals surface area contributed by atoms with Crippen LogP contribution >= 0.6 is 24.0 Å². The Hall–Kier alpha value is -1.39. The van der Waals surface area contributed by atoms with Crippen LogP contribution in [-0.2, 0) is 6.54 Å². The maximum Gasteiger partial charge on any atom is 0.137 e. The van der Waals surface area contributed by atoms with Crippen molar-refractivity contribution in [1.82, 2.24) is 9.78 Å². The van der Waals surface area contributed by atoms with Gasteiger partial charge in [-0.2, -0.15) is 5.10 Å². The van der Waals surface area contributed by atoms with E-state index in [0.717, 1.165) is 5.56 Å². The molecule has 92 valence electrons. The summed E-state index contributed by atoms with van der Waals surface area (Å²) in [6.45, 7) is 0.640. The zero-order chi connectivity index (χ0) is 11.5. The first kappa shape index (κ1) is 13.7. The van der Waals surface area contributed by atoms with Crippen LogP contribution in [0.3, 0.4) is 0 Å². The molecule has 0 radical (unpaired) electrons. The number of halogens is 2. The molecule has 0 saturated carbocycles. The van der Waals surface area contributed by atoms with Crippen molar-refractivity contribution in [2.45, 2.75) is 6.54 Å². The highest BCUT2D eigenvalue weighted by Crippen LogP contribution is 2.25. The third kappa shape index (κ3) is 3.28. The lowest BCUT2D eigenvalue weighted by molar-refractivity contribution is 0.415. The number of nitrogens with two attached hydrogens (primary N) is 1.